The Bertz CT molecular complexity index is 782. The van der Waals surface area contributed by atoms with Crippen molar-refractivity contribution in [1.82, 2.24) is 4.90 Å². The highest BCUT2D eigenvalue weighted by Crippen LogP contribution is 2.25. The minimum Gasteiger partial charge on any atom is -0.497 e. The Kier molecular flexibility index (Phi) is 5.93. The lowest BCUT2D eigenvalue weighted by Gasteiger charge is -2.26. The third-order valence-electron chi connectivity index (χ3n) is 3.94. The first kappa shape index (κ1) is 18.2. The summed E-state index contributed by atoms with van der Waals surface area (Å²) in [6, 6.07) is 14.1. The van der Waals surface area contributed by atoms with Gasteiger partial charge < -0.3 is 15.0 Å². The van der Waals surface area contributed by atoms with Crippen LogP contribution in [0, 0.1) is 21.4 Å². The first-order valence-electron chi connectivity index (χ1n) is 7.69. The zero-order valence-electron chi connectivity index (χ0n) is 14.4. The summed E-state index contributed by atoms with van der Waals surface area (Å²) in [5.41, 5.74) is 1.83. The maximum absolute atomic E-state index is 10.8. The van der Waals surface area contributed by atoms with Crippen LogP contribution in [0.4, 0.5) is 11.4 Å². The predicted octanol–water partition coefficient (Wildman–Crippen LogP) is 3.19. The molecule has 0 saturated heterocycles. The number of nitro groups is 1. The van der Waals surface area contributed by atoms with Crippen LogP contribution >= 0.6 is 0 Å². The molecule has 0 bridgehead atoms. The number of ether oxygens (including phenoxy) is 1. The van der Waals surface area contributed by atoms with Crippen LogP contribution in [-0.4, -0.2) is 37.6 Å². The fourth-order valence-corrected chi connectivity index (χ4v) is 2.52. The van der Waals surface area contributed by atoms with Crippen molar-refractivity contribution < 1.29 is 9.66 Å². The standard InChI is InChI=1S/C18H20N4O3/c1-21(2)18(13-4-7-16(25-3)8-5-13)12-20-17-9-6-15(22(23)24)10-14(17)11-19/h4-10,18,20H,12H2,1-3H3. The number of nitrogens with one attached hydrogen (secondary N) is 1. The van der Waals surface area contributed by atoms with Crippen LogP contribution in [0.2, 0.25) is 0 Å². The second kappa shape index (κ2) is 8.13. The van der Waals surface area contributed by atoms with Gasteiger partial charge in [0.2, 0.25) is 0 Å². The van der Waals surface area contributed by atoms with Gasteiger partial charge in [-0.25, -0.2) is 0 Å². The van der Waals surface area contributed by atoms with Crippen molar-refractivity contribution in [2.24, 2.45) is 0 Å². The second-order valence-corrected chi connectivity index (χ2v) is 5.73. The summed E-state index contributed by atoms with van der Waals surface area (Å²) in [5, 5.41) is 23.3. The van der Waals surface area contributed by atoms with Crippen molar-refractivity contribution in [3.8, 4) is 11.8 Å². The highest BCUT2D eigenvalue weighted by atomic mass is 16.6. The summed E-state index contributed by atoms with van der Waals surface area (Å²) >= 11 is 0. The lowest BCUT2D eigenvalue weighted by molar-refractivity contribution is -0.384. The number of hydrogen-bond acceptors (Lipinski definition) is 6. The molecule has 7 nitrogen and oxygen atoms in total. The van der Waals surface area contributed by atoms with Gasteiger partial charge in [-0.15, -0.1) is 0 Å². The van der Waals surface area contributed by atoms with Crippen molar-refractivity contribution in [3.63, 3.8) is 0 Å². The van der Waals surface area contributed by atoms with Crippen molar-refractivity contribution in [2.45, 2.75) is 6.04 Å². The van der Waals surface area contributed by atoms with E-state index >= 15 is 0 Å². The average Bonchev–Trinajstić information content (AvgIpc) is 2.62. The Morgan fingerprint density at radius 2 is 1.96 bits per heavy atom. The molecule has 0 aliphatic rings. The maximum atomic E-state index is 10.8. The smallest absolute Gasteiger partial charge is 0.270 e. The van der Waals surface area contributed by atoms with Crippen LogP contribution in [0.15, 0.2) is 42.5 Å². The lowest BCUT2D eigenvalue weighted by Crippen LogP contribution is -2.27. The van der Waals surface area contributed by atoms with Crippen LogP contribution in [0.5, 0.6) is 5.75 Å². The summed E-state index contributed by atoms with van der Waals surface area (Å²) in [7, 11) is 5.56. The Morgan fingerprint density at radius 1 is 1.28 bits per heavy atom. The van der Waals surface area contributed by atoms with Crippen LogP contribution in [0.3, 0.4) is 0 Å². The molecule has 0 aromatic heterocycles. The van der Waals surface area contributed by atoms with Gasteiger partial charge in [0.1, 0.15) is 11.8 Å². The van der Waals surface area contributed by atoms with Crippen molar-refractivity contribution in [3.05, 3.63) is 63.7 Å². The fraction of sp³-hybridized carbons (Fsp3) is 0.278. The number of likely N-dealkylation sites (N-methyl/N-ethyl adjacent to an activating group) is 1. The van der Waals surface area contributed by atoms with Gasteiger partial charge in [0.05, 0.1) is 29.3 Å². The molecule has 1 unspecified atom stereocenters. The van der Waals surface area contributed by atoms with E-state index in [4.69, 9.17) is 4.74 Å². The number of benzene rings is 2. The van der Waals surface area contributed by atoms with Gasteiger partial charge in [-0.05, 0) is 37.9 Å². The van der Waals surface area contributed by atoms with E-state index in [2.05, 4.69) is 10.2 Å². The van der Waals surface area contributed by atoms with Crippen LogP contribution in [-0.2, 0) is 0 Å². The minimum atomic E-state index is -0.509. The number of methoxy groups -OCH3 is 1. The maximum Gasteiger partial charge on any atom is 0.270 e. The van der Waals surface area contributed by atoms with Crippen molar-refractivity contribution >= 4 is 11.4 Å². The normalized spacial score (nSPS) is 11.6. The molecule has 0 spiro atoms. The number of nitrogens with zero attached hydrogens (tertiary/aromatic N) is 3. The predicted molar refractivity (Wildman–Crippen MR) is 95.7 cm³/mol. The van der Waals surface area contributed by atoms with E-state index in [0.29, 0.717) is 12.2 Å². The molecule has 0 aliphatic carbocycles. The zero-order valence-corrected chi connectivity index (χ0v) is 14.4. The van der Waals surface area contributed by atoms with Crippen LogP contribution in [0.25, 0.3) is 0 Å². The van der Waals surface area contributed by atoms with E-state index in [1.165, 1.54) is 12.1 Å². The average molecular weight is 340 g/mol. The topological polar surface area (TPSA) is 91.4 Å². The molecule has 0 saturated carbocycles. The second-order valence-electron chi connectivity index (χ2n) is 5.73. The number of nitro benzene ring substituents is 1. The summed E-state index contributed by atoms with van der Waals surface area (Å²) in [5.74, 6) is 0.788. The minimum absolute atomic E-state index is 0.0626. The zero-order chi connectivity index (χ0) is 18.4. The third kappa shape index (κ3) is 4.46. The number of anilines is 1. The quantitative estimate of drug-likeness (QED) is 0.615. The molecule has 0 fully saturated rings. The molecule has 1 N–H and O–H groups in total. The van der Waals surface area contributed by atoms with E-state index in [0.717, 1.165) is 11.3 Å². The number of hydrogen-bond donors (Lipinski definition) is 1. The molecule has 7 heteroatoms. The highest BCUT2D eigenvalue weighted by Gasteiger charge is 2.16. The van der Waals surface area contributed by atoms with Gasteiger partial charge in [0.25, 0.3) is 5.69 Å². The molecule has 2 aromatic rings. The Morgan fingerprint density at radius 3 is 2.48 bits per heavy atom. The van der Waals surface area contributed by atoms with Gasteiger partial charge in [-0.2, -0.15) is 5.26 Å². The summed E-state index contributed by atoms with van der Waals surface area (Å²) in [4.78, 5) is 12.4. The first-order chi connectivity index (χ1) is 12.0. The van der Waals surface area contributed by atoms with Gasteiger partial charge >= 0.3 is 0 Å². The SMILES string of the molecule is COc1ccc(C(CNc2ccc([N+](=O)[O-])cc2C#N)N(C)C)cc1. The third-order valence-corrected chi connectivity index (χ3v) is 3.94. The molecule has 0 radical (unpaired) electrons. The van der Waals surface area contributed by atoms with Gasteiger partial charge in [-0.3, -0.25) is 10.1 Å². The van der Waals surface area contributed by atoms with Crippen molar-refractivity contribution in [1.29, 1.82) is 5.26 Å². The van der Waals surface area contributed by atoms with E-state index in [9.17, 15) is 15.4 Å². The molecule has 2 rings (SSSR count). The highest BCUT2D eigenvalue weighted by molar-refractivity contribution is 5.61. The van der Waals surface area contributed by atoms with Crippen LogP contribution < -0.4 is 10.1 Å². The molecule has 2 aromatic carbocycles. The van der Waals surface area contributed by atoms with E-state index in [-0.39, 0.29) is 17.3 Å². The number of nitriles is 1. The summed E-state index contributed by atoms with van der Waals surface area (Å²) in [6.45, 7) is 0.547. The fourth-order valence-electron chi connectivity index (χ4n) is 2.52. The van der Waals surface area contributed by atoms with Gasteiger partial charge in [0.15, 0.2) is 0 Å². The Balaban J connectivity index is 2.18. The molecule has 1 atom stereocenters. The Hall–Kier alpha value is -3.11. The number of non-ortho nitro benzene ring substituents is 1. The van der Waals surface area contributed by atoms with E-state index in [1.807, 2.05) is 44.4 Å². The molecule has 0 aliphatic heterocycles. The number of rotatable bonds is 7. The largest absolute Gasteiger partial charge is 0.497 e. The van der Waals surface area contributed by atoms with Crippen molar-refractivity contribution in [2.75, 3.05) is 33.1 Å². The molecule has 130 valence electrons. The molecular formula is C18H20N4O3. The summed E-state index contributed by atoms with van der Waals surface area (Å²) < 4.78 is 5.18. The van der Waals surface area contributed by atoms with Gasteiger partial charge in [0, 0.05) is 18.7 Å². The van der Waals surface area contributed by atoms with Gasteiger partial charge in [-0.1, -0.05) is 12.1 Å². The van der Waals surface area contributed by atoms with Crippen LogP contribution in [0.1, 0.15) is 17.2 Å². The Labute approximate surface area is 146 Å². The van der Waals surface area contributed by atoms with E-state index < -0.39 is 4.92 Å². The molecule has 0 amide bonds. The molecule has 0 heterocycles. The summed E-state index contributed by atoms with van der Waals surface area (Å²) in [6.07, 6.45) is 0. The first-order valence-corrected chi connectivity index (χ1v) is 7.69. The monoisotopic (exact) mass is 340 g/mol. The molecular weight excluding hydrogens is 320 g/mol. The van der Waals surface area contributed by atoms with E-state index in [1.54, 1.807) is 13.2 Å². The molecule has 25 heavy (non-hydrogen) atoms. The lowest BCUT2D eigenvalue weighted by atomic mass is 10.1.